The maximum absolute atomic E-state index is 11.3. The van der Waals surface area contributed by atoms with Gasteiger partial charge in [0.1, 0.15) is 11.6 Å². The Labute approximate surface area is 109 Å². The van der Waals surface area contributed by atoms with Gasteiger partial charge in [0.15, 0.2) is 5.69 Å². The zero-order chi connectivity index (χ0) is 13.8. The van der Waals surface area contributed by atoms with E-state index in [1.165, 1.54) is 19.5 Å². The van der Waals surface area contributed by atoms with Crippen LogP contribution in [0.1, 0.15) is 16.1 Å². The van der Waals surface area contributed by atoms with E-state index in [9.17, 15) is 4.79 Å². The molecule has 0 bridgehead atoms. The first-order valence-electron chi connectivity index (χ1n) is 5.52. The summed E-state index contributed by atoms with van der Waals surface area (Å²) in [5.41, 5.74) is 6.80. The smallest absolute Gasteiger partial charge is 0.358 e. The fourth-order valence-corrected chi connectivity index (χ4v) is 1.47. The first-order valence-corrected chi connectivity index (χ1v) is 5.52. The average molecular weight is 262 g/mol. The van der Waals surface area contributed by atoms with Crippen molar-refractivity contribution in [3.63, 3.8) is 0 Å². The number of nitrogen functional groups attached to an aromatic ring is 1. The number of carbonyl (C=O) groups excluding carboxylic acids is 1. The second kappa shape index (κ2) is 5.34. The van der Waals surface area contributed by atoms with Crippen LogP contribution in [0.25, 0.3) is 0 Å². The van der Waals surface area contributed by atoms with Gasteiger partial charge < -0.3 is 15.8 Å². The first kappa shape index (κ1) is 12.8. The molecule has 2 aromatic rings. The van der Waals surface area contributed by atoms with E-state index in [0.717, 1.165) is 5.56 Å². The van der Waals surface area contributed by atoms with E-state index in [2.05, 4.69) is 25.1 Å². The lowest BCUT2D eigenvalue weighted by Gasteiger charge is -2.05. The van der Waals surface area contributed by atoms with E-state index in [0.29, 0.717) is 18.2 Å². The van der Waals surface area contributed by atoms with Crippen molar-refractivity contribution >= 4 is 17.6 Å². The third-order valence-electron chi connectivity index (χ3n) is 2.55. The van der Waals surface area contributed by atoms with Gasteiger partial charge in [0.25, 0.3) is 0 Å². The van der Waals surface area contributed by atoms with Crippen molar-refractivity contribution in [2.24, 2.45) is 7.05 Å². The molecule has 2 heterocycles. The predicted octanol–water partition coefficient (Wildman–Crippen LogP) is 0.191. The Bertz CT molecular complexity index is 595. The van der Waals surface area contributed by atoms with Crippen LogP contribution in [0.4, 0.5) is 11.6 Å². The molecule has 0 atom stereocenters. The van der Waals surface area contributed by atoms with Crippen LogP contribution < -0.4 is 11.1 Å². The molecule has 0 spiro atoms. The summed E-state index contributed by atoms with van der Waals surface area (Å²) < 4.78 is 6.15. The maximum Gasteiger partial charge on any atom is 0.358 e. The molecular weight excluding hydrogens is 248 g/mol. The molecule has 0 aliphatic carbocycles. The average Bonchev–Trinajstić information content (AvgIpc) is 2.76. The van der Waals surface area contributed by atoms with Gasteiger partial charge in [-0.2, -0.15) is 5.10 Å². The van der Waals surface area contributed by atoms with Crippen molar-refractivity contribution in [3.8, 4) is 0 Å². The largest absolute Gasteiger partial charge is 0.464 e. The lowest BCUT2D eigenvalue weighted by Crippen LogP contribution is -2.09. The summed E-state index contributed by atoms with van der Waals surface area (Å²) >= 11 is 0. The number of carbonyl (C=O) groups is 1. The van der Waals surface area contributed by atoms with Gasteiger partial charge in [-0.1, -0.05) is 0 Å². The van der Waals surface area contributed by atoms with Crippen LogP contribution in [-0.4, -0.2) is 32.8 Å². The van der Waals surface area contributed by atoms with Gasteiger partial charge in [0.2, 0.25) is 0 Å². The highest BCUT2D eigenvalue weighted by atomic mass is 16.5. The number of anilines is 2. The topological polar surface area (TPSA) is 108 Å². The van der Waals surface area contributed by atoms with Gasteiger partial charge in [-0.05, 0) is 0 Å². The Morgan fingerprint density at radius 3 is 2.89 bits per heavy atom. The number of esters is 1. The van der Waals surface area contributed by atoms with Crippen molar-refractivity contribution < 1.29 is 9.53 Å². The Morgan fingerprint density at radius 2 is 2.26 bits per heavy atom. The lowest BCUT2D eigenvalue weighted by molar-refractivity contribution is 0.0593. The zero-order valence-corrected chi connectivity index (χ0v) is 10.6. The number of ether oxygens (including phenoxy) is 1. The highest BCUT2D eigenvalue weighted by Crippen LogP contribution is 2.11. The summed E-state index contributed by atoms with van der Waals surface area (Å²) in [6, 6.07) is 0. The van der Waals surface area contributed by atoms with Gasteiger partial charge in [0, 0.05) is 19.2 Å². The lowest BCUT2D eigenvalue weighted by atomic mass is 10.3. The third-order valence-corrected chi connectivity index (χ3v) is 2.55. The fourth-order valence-electron chi connectivity index (χ4n) is 1.47. The minimum absolute atomic E-state index is 0.145. The number of hydrogen-bond acceptors (Lipinski definition) is 7. The fraction of sp³-hybridized carbons (Fsp3) is 0.273. The van der Waals surface area contributed by atoms with E-state index in [1.54, 1.807) is 17.9 Å². The molecule has 0 amide bonds. The van der Waals surface area contributed by atoms with E-state index in [-0.39, 0.29) is 5.69 Å². The van der Waals surface area contributed by atoms with Crippen molar-refractivity contribution in [3.05, 3.63) is 29.8 Å². The van der Waals surface area contributed by atoms with Crippen LogP contribution in [0.5, 0.6) is 0 Å². The number of nitrogens with zero attached hydrogens (tertiary/aromatic N) is 4. The molecule has 0 unspecified atom stereocenters. The number of aromatic nitrogens is 4. The first-order chi connectivity index (χ1) is 9.11. The monoisotopic (exact) mass is 262 g/mol. The van der Waals surface area contributed by atoms with Crippen molar-refractivity contribution in [1.82, 2.24) is 19.7 Å². The van der Waals surface area contributed by atoms with Gasteiger partial charge in [-0.15, -0.1) is 0 Å². The highest BCUT2D eigenvalue weighted by molar-refractivity contribution is 5.87. The zero-order valence-electron chi connectivity index (χ0n) is 10.6. The quantitative estimate of drug-likeness (QED) is 0.757. The Kier molecular flexibility index (Phi) is 3.60. The summed E-state index contributed by atoms with van der Waals surface area (Å²) in [6.45, 7) is 0.443. The Morgan fingerprint density at radius 1 is 1.47 bits per heavy atom. The molecule has 2 aromatic heterocycles. The summed E-state index contributed by atoms with van der Waals surface area (Å²) in [5.74, 6) is 0.507. The van der Waals surface area contributed by atoms with Crippen LogP contribution in [0.2, 0.25) is 0 Å². The van der Waals surface area contributed by atoms with Crippen molar-refractivity contribution in [2.45, 2.75) is 6.54 Å². The van der Waals surface area contributed by atoms with Crippen molar-refractivity contribution in [2.75, 3.05) is 18.2 Å². The Hall–Kier alpha value is -2.64. The third kappa shape index (κ3) is 2.79. The van der Waals surface area contributed by atoms with Crippen LogP contribution >= 0.6 is 0 Å². The summed E-state index contributed by atoms with van der Waals surface area (Å²) in [4.78, 5) is 19.3. The number of rotatable bonds is 4. The molecule has 0 saturated heterocycles. The molecule has 100 valence electrons. The SMILES string of the molecule is COC(=O)c1cncc(NCc2cnn(C)c2N)n1. The van der Waals surface area contributed by atoms with E-state index >= 15 is 0 Å². The molecule has 3 N–H and O–H groups in total. The summed E-state index contributed by atoms with van der Waals surface area (Å²) in [5, 5.41) is 7.05. The van der Waals surface area contributed by atoms with E-state index < -0.39 is 5.97 Å². The molecule has 8 heteroatoms. The Balaban J connectivity index is 2.07. The van der Waals surface area contributed by atoms with Crippen LogP contribution in [-0.2, 0) is 18.3 Å². The van der Waals surface area contributed by atoms with E-state index in [4.69, 9.17) is 5.73 Å². The van der Waals surface area contributed by atoms with Gasteiger partial charge in [0.05, 0.1) is 25.7 Å². The van der Waals surface area contributed by atoms with Crippen LogP contribution in [0, 0.1) is 0 Å². The molecule has 0 aliphatic heterocycles. The molecule has 0 radical (unpaired) electrons. The molecule has 0 fully saturated rings. The second-order valence-electron chi connectivity index (χ2n) is 3.81. The predicted molar refractivity (Wildman–Crippen MR) is 68.3 cm³/mol. The van der Waals surface area contributed by atoms with E-state index in [1.807, 2.05) is 0 Å². The van der Waals surface area contributed by atoms with Gasteiger partial charge in [-0.25, -0.2) is 9.78 Å². The number of aryl methyl sites for hydroxylation is 1. The second-order valence-corrected chi connectivity index (χ2v) is 3.81. The van der Waals surface area contributed by atoms with Crippen LogP contribution in [0.3, 0.4) is 0 Å². The minimum atomic E-state index is -0.531. The number of nitrogens with one attached hydrogen (secondary N) is 1. The number of hydrogen-bond donors (Lipinski definition) is 2. The molecule has 8 nitrogen and oxygen atoms in total. The van der Waals surface area contributed by atoms with Gasteiger partial charge in [-0.3, -0.25) is 9.67 Å². The maximum atomic E-state index is 11.3. The summed E-state index contributed by atoms with van der Waals surface area (Å²) in [6.07, 6.45) is 4.52. The molecule has 2 rings (SSSR count). The van der Waals surface area contributed by atoms with Gasteiger partial charge >= 0.3 is 5.97 Å². The molecule has 0 saturated carbocycles. The minimum Gasteiger partial charge on any atom is -0.464 e. The molecule has 19 heavy (non-hydrogen) atoms. The van der Waals surface area contributed by atoms with Crippen LogP contribution in [0.15, 0.2) is 18.6 Å². The standard InChI is InChI=1S/C11H14N6O2/c1-17-10(12)7(4-15-17)3-14-9-6-13-5-8(16-9)11(18)19-2/h4-6H,3,12H2,1-2H3,(H,14,16). The normalized spacial score (nSPS) is 10.2. The summed E-state index contributed by atoms with van der Waals surface area (Å²) in [7, 11) is 3.05. The van der Waals surface area contributed by atoms with Crippen molar-refractivity contribution in [1.29, 1.82) is 0 Å². The molecule has 0 aromatic carbocycles. The number of methoxy groups -OCH3 is 1. The molecule has 0 aliphatic rings. The molecular formula is C11H14N6O2. The highest BCUT2D eigenvalue weighted by Gasteiger charge is 2.09. The number of nitrogens with two attached hydrogens (primary N) is 1.